The molecule has 1 aliphatic rings. The summed E-state index contributed by atoms with van der Waals surface area (Å²) < 4.78 is 0. The molecule has 4 rings (SSSR count). The molecule has 8 nitrogen and oxygen atoms in total. The van der Waals surface area contributed by atoms with Gasteiger partial charge in [-0.3, -0.25) is 9.59 Å². The first-order valence-corrected chi connectivity index (χ1v) is 10.1. The van der Waals surface area contributed by atoms with Crippen molar-refractivity contribution in [3.63, 3.8) is 0 Å². The highest BCUT2D eigenvalue weighted by Crippen LogP contribution is 2.19. The van der Waals surface area contributed by atoms with Crippen LogP contribution in [0.15, 0.2) is 67.0 Å². The number of nitrogens with one attached hydrogen (secondary N) is 2. The lowest BCUT2D eigenvalue weighted by molar-refractivity contribution is -0.114. The van der Waals surface area contributed by atoms with Gasteiger partial charge in [-0.25, -0.2) is 9.97 Å². The topological polar surface area (TPSA) is 90.5 Å². The number of carbonyl (C=O) groups excluding carboxylic acids is 2. The molecule has 2 aromatic heterocycles. The molecule has 1 saturated heterocycles. The van der Waals surface area contributed by atoms with Crippen LogP contribution in [0.25, 0.3) is 0 Å². The molecule has 3 aromatic rings. The first kappa shape index (κ1) is 20.3. The highest BCUT2D eigenvalue weighted by molar-refractivity contribution is 6.04. The molecule has 0 bridgehead atoms. The molecule has 0 aliphatic carbocycles. The monoisotopic (exact) mass is 416 g/mol. The van der Waals surface area contributed by atoms with Gasteiger partial charge < -0.3 is 20.4 Å². The fraction of sp³-hybridized carbons (Fsp3) is 0.217. The zero-order valence-corrected chi connectivity index (χ0v) is 17.3. The summed E-state index contributed by atoms with van der Waals surface area (Å²) in [6, 6.07) is 16.4. The van der Waals surface area contributed by atoms with E-state index in [4.69, 9.17) is 0 Å². The van der Waals surface area contributed by atoms with Crippen molar-refractivity contribution in [2.75, 3.05) is 46.6 Å². The summed E-state index contributed by atoms with van der Waals surface area (Å²) in [7, 11) is 0. The number of benzene rings is 1. The average molecular weight is 416 g/mol. The van der Waals surface area contributed by atoms with E-state index in [0.29, 0.717) is 16.9 Å². The van der Waals surface area contributed by atoms with E-state index in [9.17, 15) is 9.59 Å². The minimum atomic E-state index is -0.206. The van der Waals surface area contributed by atoms with Crippen molar-refractivity contribution in [3.8, 4) is 0 Å². The second-order valence-electron chi connectivity index (χ2n) is 7.28. The minimum absolute atomic E-state index is 0.137. The van der Waals surface area contributed by atoms with E-state index in [1.807, 2.05) is 24.3 Å². The van der Waals surface area contributed by atoms with Gasteiger partial charge in [0.2, 0.25) is 5.91 Å². The van der Waals surface area contributed by atoms with Crippen LogP contribution in [0.4, 0.5) is 23.0 Å². The number of aromatic nitrogens is 2. The van der Waals surface area contributed by atoms with Crippen molar-refractivity contribution < 1.29 is 9.59 Å². The zero-order chi connectivity index (χ0) is 21.6. The molecular formula is C23H24N6O2. The van der Waals surface area contributed by atoms with E-state index in [1.54, 1.807) is 42.7 Å². The number of hydrogen-bond acceptors (Lipinski definition) is 6. The first-order chi connectivity index (χ1) is 15.1. The second-order valence-corrected chi connectivity index (χ2v) is 7.28. The van der Waals surface area contributed by atoms with Gasteiger partial charge in [0.15, 0.2) is 0 Å². The molecule has 1 aromatic carbocycles. The molecule has 8 heteroatoms. The highest BCUT2D eigenvalue weighted by Gasteiger charge is 2.20. The maximum atomic E-state index is 12.7. The van der Waals surface area contributed by atoms with E-state index >= 15 is 0 Å². The highest BCUT2D eigenvalue weighted by atomic mass is 16.2. The first-order valence-electron chi connectivity index (χ1n) is 10.1. The lowest BCUT2D eigenvalue weighted by atomic mass is 10.2. The van der Waals surface area contributed by atoms with Gasteiger partial charge in [-0.1, -0.05) is 6.07 Å². The molecule has 3 heterocycles. The summed E-state index contributed by atoms with van der Waals surface area (Å²) in [6.45, 7) is 4.75. The fourth-order valence-electron chi connectivity index (χ4n) is 3.48. The third-order valence-corrected chi connectivity index (χ3v) is 5.05. The molecule has 0 radical (unpaired) electrons. The Hall–Kier alpha value is -3.94. The SMILES string of the molecule is CC(=O)Nc1ccc(NC(=O)c2ccnc(N3CCN(c4ccccn4)CC3)c2)cc1. The number of anilines is 4. The van der Waals surface area contributed by atoms with E-state index in [1.165, 1.54) is 6.92 Å². The molecule has 2 N–H and O–H groups in total. The van der Waals surface area contributed by atoms with E-state index in [2.05, 4.69) is 30.4 Å². The van der Waals surface area contributed by atoms with Crippen LogP contribution in [-0.2, 0) is 4.79 Å². The van der Waals surface area contributed by atoms with Crippen LogP contribution in [0.3, 0.4) is 0 Å². The largest absolute Gasteiger partial charge is 0.353 e. The van der Waals surface area contributed by atoms with Crippen molar-refractivity contribution in [2.45, 2.75) is 6.92 Å². The van der Waals surface area contributed by atoms with Crippen LogP contribution in [0.1, 0.15) is 17.3 Å². The maximum absolute atomic E-state index is 12.7. The Balaban J connectivity index is 1.38. The summed E-state index contributed by atoms with van der Waals surface area (Å²) in [5.41, 5.74) is 1.88. The van der Waals surface area contributed by atoms with Crippen LogP contribution in [0.5, 0.6) is 0 Å². The predicted molar refractivity (Wildman–Crippen MR) is 122 cm³/mol. The summed E-state index contributed by atoms with van der Waals surface area (Å²) in [4.78, 5) is 37.1. The van der Waals surface area contributed by atoms with Gasteiger partial charge in [0.1, 0.15) is 11.6 Å². The predicted octanol–water partition coefficient (Wildman–Crippen LogP) is 3.01. The number of amides is 2. The Morgan fingerprint density at radius 2 is 1.39 bits per heavy atom. The molecule has 2 amide bonds. The van der Waals surface area contributed by atoms with Gasteiger partial charge in [-0.2, -0.15) is 0 Å². The van der Waals surface area contributed by atoms with Crippen molar-refractivity contribution in [2.24, 2.45) is 0 Å². The fourth-order valence-corrected chi connectivity index (χ4v) is 3.48. The third kappa shape index (κ3) is 5.16. The van der Waals surface area contributed by atoms with Gasteiger partial charge >= 0.3 is 0 Å². The number of pyridine rings is 2. The summed E-state index contributed by atoms with van der Waals surface area (Å²) in [5, 5.41) is 5.58. The number of rotatable bonds is 5. The quantitative estimate of drug-likeness (QED) is 0.665. The lowest BCUT2D eigenvalue weighted by Gasteiger charge is -2.36. The van der Waals surface area contributed by atoms with Crippen LogP contribution in [-0.4, -0.2) is 48.0 Å². The number of carbonyl (C=O) groups is 2. The van der Waals surface area contributed by atoms with Crippen LogP contribution >= 0.6 is 0 Å². The minimum Gasteiger partial charge on any atom is -0.353 e. The maximum Gasteiger partial charge on any atom is 0.255 e. The molecule has 0 saturated carbocycles. The van der Waals surface area contributed by atoms with Crippen molar-refractivity contribution in [1.82, 2.24) is 9.97 Å². The molecule has 0 atom stereocenters. The number of hydrogen-bond donors (Lipinski definition) is 2. The average Bonchev–Trinajstić information content (AvgIpc) is 2.81. The van der Waals surface area contributed by atoms with E-state index in [0.717, 1.165) is 37.8 Å². The number of piperazine rings is 1. The Labute approximate surface area is 180 Å². The summed E-state index contributed by atoms with van der Waals surface area (Å²) in [5.74, 6) is 1.42. The Bertz CT molecular complexity index is 1050. The summed E-state index contributed by atoms with van der Waals surface area (Å²) >= 11 is 0. The van der Waals surface area contributed by atoms with Gasteiger partial charge in [0.05, 0.1) is 0 Å². The molecule has 0 unspecified atom stereocenters. The molecule has 0 spiro atoms. The Morgan fingerprint density at radius 1 is 0.774 bits per heavy atom. The van der Waals surface area contributed by atoms with Gasteiger partial charge in [-0.15, -0.1) is 0 Å². The lowest BCUT2D eigenvalue weighted by Crippen LogP contribution is -2.47. The zero-order valence-electron chi connectivity index (χ0n) is 17.3. The molecule has 158 valence electrons. The van der Waals surface area contributed by atoms with Gasteiger partial charge in [0, 0.05) is 62.4 Å². The van der Waals surface area contributed by atoms with Crippen LogP contribution in [0, 0.1) is 0 Å². The van der Waals surface area contributed by atoms with Crippen molar-refractivity contribution >= 4 is 34.8 Å². The van der Waals surface area contributed by atoms with E-state index < -0.39 is 0 Å². The van der Waals surface area contributed by atoms with Gasteiger partial charge in [0.25, 0.3) is 5.91 Å². The smallest absolute Gasteiger partial charge is 0.255 e. The van der Waals surface area contributed by atoms with Gasteiger partial charge in [-0.05, 0) is 48.5 Å². The molecular weight excluding hydrogens is 392 g/mol. The standard InChI is InChI=1S/C23H24N6O2/c1-17(30)26-19-5-7-20(8-6-19)27-23(31)18-9-11-25-22(16-18)29-14-12-28(13-15-29)21-4-2-3-10-24-21/h2-11,16H,12-15H2,1H3,(H,26,30)(H,27,31). The Kier molecular flexibility index (Phi) is 6.07. The van der Waals surface area contributed by atoms with Crippen molar-refractivity contribution in [3.05, 3.63) is 72.6 Å². The number of nitrogens with zero attached hydrogens (tertiary/aromatic N) is 4. The molecule has 1 aliphatic heterocycles. The Morgan fingerprint density at radius 3 is 2.00 bits per heavy atom. The second kappa shape index (κ2) is 9.25. The third-order valence-electron chi connectivity index (χ3n) is 5.05. The summed E-state index contributed by atoms with van der Waals surface area (Å²) in [6.07, 6.45) is 3.47. The van der Waals surface area contributed by atoms with Crippen LogP contribution < -0.4 is 20.4 Å². The van der Waals surface area contributed by atoms with E-state index in [-0.39, 0.29) is 11.8 Å². The van der Waals surface area contributed by atoms with Crippen LogP contribution in [0.2, 0.25) is 0 Å². The van der Waals surface area contributed by atoms with Crippen molar-refractivity contribution in [1.29, 1.82) is 0 Å². The molecule has 31 heavy (non-hydrogen) atoms. The normalized spacial score (nSPS) is 13.6. The molecule has 1 fully saturated rings.